The van der Waals surface area contributed by atoms with Crippen LogP contribution < -0.4 is 10.2 Å². The van der Waals surface area contributed by atoms with E-state index in [1.165, 1.54) is 6.33 Å². The average Bonchev–Trinajstić information content (AvgIpc) is 3.06. The lowest BCUT2D eigenvalue weighted by Crippen LogP contribution is -2.49. The Morgan fingerprint density at radius 2 is 2.11 bits per heavy atom. The standard InChI is InChI=1S/C18H22FN7O/c1-5-21-18(27)14(10(2)3)26(4)17-13(19)8-23-16(25-17)12-7-22-15-11(12)6-20-9-24-15/h6-10,14H,5H2,1-4H3,(H,21,27)(H,20,22,24)/t14-/m1/s1. The number of nitrogens with one attached hydrogen (secondary N) is 2. The smallest absolute Gasteiger partial charge is 0.243 e. The molecule has 0 aliphatic carbocycles. The van der Waals surface area contributed by atoms with Gasteiger partial charge in [-0.15, -0.1) is 0 Å². The van der Waals surface area contributed by atoms with Crippen molar-refractivity contribution in [3.05, 3.63) is 30.7 Å². The first-order chi connectivity index (χ1) is 12.9. The maximum absolute atomic E-state index is 14.5. The topological polar surface area (TPSA) is 99.7 Å². The fraction of sp³-hybridized carbons (Fsp3) is 0.389. The average molecular weight is 371 g/mol. The summed E-state index contributed by atoms with van der Waals surface area (Å²) in [6.07, 6.45) is 5.91. The van der Waals surface area contributed by atoms with E-state index in [2.05, 4.69) is 30.2 Å². The number of rotatable bonds is 6. The number of carbonyl (C=O) groups excluding carboxylic acids is 1. The number of likely N-dealkylation sites (N-methyl/N-ethyl adjacent to an activating group) is 2. The Morgan fingerprint density at radius 1 is 1.33 bits per heavy atom. The van der Waals surface area contributed by atoms with Crippen molar-refractivity contribution in [3.8, 4) is 11.4 Å². The monoisotopic (exact) mass is 371 g/mol. The number of H-pyrrole nitrogens is 1. The second-order valence-electron chi connectivity index (χ2n) is 6.55. The normalized spacial score (nSPS) is 12.4. The van der Waals surface area contributed by atoms with Gasteiger partial charge in [0.25, 0.3) is 0 Å². The zero-order valence-corrected chi connectivity index (χ0v) is 15.7. The SMILES string of the molecule is CCNC(=O)[C@@H](C(C)C)N(C)c1nc(-c2c[nH]c3ncncc23)ncc1F. The van der Waals surface area contributed by atoms with Crippen molar-refractivity contribution in [2.75, 3.05) is 18.5 Å². The summed E-state index contributed by atoms with van der Waals surface area (Å²) in [5, 5.41) is 3.53. The lowest BCUT2D eigenvalue weighted by molar-refractivity contribution is -0.123. The Hall–Kier alpha value is -3.10. The van der Waals surface area contributed by atoms with Gasteiger partial charge in [0.1, 0.15) is 18.0 Å². The van der Waals surface area contributed by atoms with E-state index in [9.17, 15) is 9.18 Å². The molecule has 0 aromatic carbocycles. The van der Waals surface area contributed by atoms with Gasteiger partial charge in [-0.25, -0.2) is 24.3 Å². The Labute approximate surface area is 156 Å². The van der Waals surface area contributed by atoms with E-state index in [4.69, 9.17) is 0 Å². The molecule has 9 heteroatoms. The van der Waals surface area contributed by atoms with Crippen LogP contribution in [0.15, 0.2) is 24.9 Å². The van der Waals surface area contributed by atoms with Crippen LogP contribution >= 0.6 is 0 Å². The maximum atomic E-state index is 14.5. The predicted octanol–water partition coefficient (Wildman–Crippen LogP) is 2.15. The molecule has 0 fully saturated rings. The van der Waals surface area contributed by atoms with E-state index in [1.54, 1.807) is 24.3 Å². The van der Waals surface area contributed by atoms with Gasteiger partial charge in [-0.2, -0.15) is 0 Å². The number of fused-ring (bicyclic) bond motifs is 1. The molecule has 8 nitrogen and oxygen atoms in total. The third-order valence-corrected chi connectivity index (χ3v) is 4.32. The van der Waals surface area contributed by atoms with E-state index in [-0.39, 0.29) is 17.6 Å². The molecule has 0 saturated carbocycles. The van der Waals surface area contributed by atoms with Crippen molar-refractivity contribution in [1.29, 1.82) is 0 Å². The number of aromatic amines is 1. The van der Waals surface area contributed by atoms with Crippen LogP contribution in [0, 0.1) is 11.7 Å². The molecule has 3 aromatic rings. The molecule has 0 aliphatic heterocycles. The summed E-state index contributed by atoms with van der Waals surface area (Å²) < 4.78 is 14.5. The van der Waals surface area contributed by atoms with E-state index < -0.39 is 11.9 Å². The predicted molar refractivity (Wildman–Crippen MR) is 101 cm³/mol. The fourth-order valence-electron chi connectivity index (χ4n) is 3.12. The van der Waals surface area contributed by atoms with Crippen LogP contribution in [-0.4, -0.2) is 50.5 Å². The van der Waals surface area contributed by atoms with Crippen LogP contribution in [0.5, 0.6) is 0 Å². The van der Waals surface area contributed by atoms with Gasteiger partial charge >= 0.3 is 0 Å². The van der Waals surface area contributed by atoms with Gasteiger partial charge in [0.15, 0.2) is 17.5 Å². The summed E-state index contributed by atoms with van der Waals surface area (Å²) in [6, 6.07) is -0.562. The quantitative estimate of drug-likeness (QED) is 0.689. The molecule has 1 atom stereocenters. The molecular weight excluding hydrogens is 349 g/mol. The molecule has 0 aliphatic rings. The van der Waals surface area contributed by atoms with Gasteiger partial charge in [0.05, 0.1) is 6.20 Å². The molecule has 0 bridgehead atoms. The van der Waals surface area contributed by atoms with Crippen LogP contribution in [0.3, 0.4) is 0 Å². The summed E-state index contributed by atoms with van der Waals surface area (Å²) in [6.45, 7) is 6.17. The number of carbonyl (C=O) groups is 1. The highest BCUT2D eigenvalue weighted by Crippen LogP contribution is 2.27. The molecule has 0 radical (unpaired) electrons. The van der Waals surface area contributed by atoms with Crippen LogP contribution in [0.1, 0.15) is 20.8 Å². The summed E-state index contributed by atoms with van der Waals surface area (Å²) in [7, 11) is 1.66. The fourth-order valence-corrected chi connectivity index (χ4v) is 3.12. The summed E-state index contributed by atoms with van der Waals surface area (Å²) in [5.41, 5.74) is 1.31. The molecule has 0 unspecified atom stereocenters. The second kappa shape index (κ2) is 7.65. The first-order valence-electron chi connectivity index (χ1n) is 8.74. The maximum Gasteiger partial charge on any atom is 0.243 e. The summed E-state index contributed by atoms with van der Waals surface area (Å²) in [4.78, 5) is 33.7. The van der Waals surface area contributed by atoms with E-state index >= 15 is 0 Å². The highest BCUT2D eigenvalue weighted by atomic mass is 19.1. The molecule has 3 aromatic heterocycles. The number of aromatic nitrogens is 5. The molecule has 0 saturated heterocycles. The lowest BCUT2D eigenvalue weighted by atomic mass is 10.0. The molecule has 1 amide bonds. The summed E-state index contributed by atoms with van der Waals surface area (Å²) >= 11 is 0. The van der Waals surface area contributed by atoms with Gasteiger partial charge < -0.3 is 15.2 Å². The van der Waals surface area contributed by atoms with Crippen molar-refractivity contribution in [2.24, 2.45) is 5.92 Å². The van der Waals surface area contributed by atoms with Crippen LogP contribution in [0.2, 0.25) is 0 Å². The van der Waals surface area contributed by atoms with Crippen LogP contribution in [0.4, 0.5) is 10.2 Å². The van der Waals surface area contributed by atoms with Crippen molar-refractivity contribution >= 4 is 22.8 Å². The van der Waals surface area contributed by atoms with Crippen molar-refractivity contribution < 1.29 is 9.18 Å². The summed E-state index contributed by atoms with van der Waals surface area (Å²) in [5.74, 6) is -0.406. The van der Waals surface area contributed by atoms with Gasteiger partial charge in [-0.05, 0) is 12.8 Å². The number of nitrogens with zero attached hydrogens (tertiary/aromatic N) is 5. The van der Waals surface area contributed by atoms with Gasteiger partial charge in [-0.3, -0.25) is 4.79 Å². The first kappa shape index (κ1) is 18.7. The minimum absolute atomic E-state index is 0.0409. The Bertz CT molecular complexity index is 956. The second-order valence-corrected chi connectivity index (χ2v) is 6.55. The Morgan fingerprint density at radius 3 is 2.81 bits per heavy atom. The molecule has 0 spiro atoms. The third-order valence-electron chi connectivity index (χ3n) is 4.32. The van der Waals surface area contributed by atoms with Crippen LogP contribution in [-0.2, 0) is 4.79 Å². The first-order valence-corrected chi connectivity index (χ1v) is 8.74. The van der Waals surface area contributed by atoms with Crippen molar-refractivity contribution in [1.82, 2.24) is 30.2 Å². The minimum atomic E-state index is -0.590. The highest BCUT2D eigenvalue weighted by molar-refractivity contribution is 5.91. The molecule has 3 rings (SSSR count). The highest BCUT2D eigenvalue weighted by Gasteiger charge is 2.29. The number of hydrogen-bond acceptors (Lipinski definition) is 6. The zero-order valence-electron chi connectivity index (χ0n) is 15.7. The number of hydrogen-bond donors (Lipinski definition) is 2. The number of amides is 1. The molecule has 3 heterocycles. The van der Waals surface area contributed by atoms with E-state index in [0.717, 1.165) is 11.6 Å². The Kier molecular flexibility index (Phi) is 5.29. The molecule has 27 heavy (non-hydrogen) atoms. The van der Waals surface area contributed by atoms with E-state index in [0.29, 0.717) is 23.6 Å². The van der Waals surface area contributed by atoms with Crippen molar-refractivity contribution in [2.45, 2.75) is 26.8 Å². The molecule has 2 N–H and O–H groups in total. The van der Waals surface area contributed by atoms with Crippen LogP contribution in [0.25, 0.3) is 22.4 Å². The van der Waals surface area contributed by atoms with Gasteiger partial charge in [0, 0.05) is 36.9 Å². The number of halogens is 1. The Balaban J connectivity index is 2.03. The van der Waals surface area contributed by atoms with Gasteiger partial charge in [-0.1, -0.05) is 13.8 Å². The molecular formula is C18H22FN7O. The zero-order chi connectivity index (χ0) is 19.6. The third kappa shape index (κ3) is 3.57. The number of anilines is 1. The lowest BCUT2D eigenvalue weighted by Gasteiger charge is -2.31. The molecule has 142 valence electrons. The van der Waals surface area contributed by atoms with E-state index in [1.807, 2.05) is 20.8 Å². The minimum Gasteiger partial charge on any atom is -0.355 e. The van der Waals surface area contributed by atoms with Crippen molar-refractivity contribution in [3.63, 3.8) is 0 Å². The largest absolute Gasteiger partial charge is 0.355 e. The van der Waals surface area contributed by atoms with Gasteiger partial charge in [0.2, 0.25) is 5.91 Å².